The molecule has 0 aliphatic carbocycles. The number of halogens is 1. The van der Waals surface area contributed by atoms with Crippen LogP contribution < -0.4 is 10.6 Å². The van der Waals surface area contributed by atoms with E-state index in [-0.39, 0.29) is 30.1 Å². The zero-order valence-electron chi connectivity index (χ0n) is 14.1. The van der Waals surface area contributed by atoms with Crippen LogP contribution in [0.15, 0.2) is 0 Å². The van der Waals surface area contributed by atoms with Crippen molar-refractivity contribution in [3.05, 3.63) is 0 Å². The molecule has 23 heavy (non-hydrogen) atoms. The van der Waals surface area contributed by atoms with Crippen LogP contribution in [0.3, 0.4) is 0 Å². The molecule has 0 aromatic heterocycles. The Morgan fingerprint density at radius 2 is 2.09 bits per heavy atom. The Hall–Kier alpha value is -0.370. The van der Waals surface area contributed by atoms with E-state index >= 15 is 0 Å². The quantitative estimate of drug-likeness (QED) is 0.737. The van der Waals surface area contributed by atoms with Crippen molar-refractivity contribution in [1.29, 1.82) is 0 Å². The van der Waals surface area contributed by atoms with Crippen LogP contribution in [0.5, 0.6) is 0 Å². The Balaban J connectivity index is 0.00000264. The molecule has 2 fully saturated rings. The van der Waals surface area contributed by atoms with E-state index in [4.69, 9.17) is 0 Å². The highest BCUT2D eigenvalue weighted by Crippen LogP contribution is 2.23. The average molecular weight is 368 g/mol. The predicted molar refractivity (Wildman–Crippen MR) is 94.3 cm³/mol. The summed E-state index contributed by atoms with van der Waals surface area (Å²) in [6.07, 6.45) is 3.92. The lowest BCUT2D eigenvalue weighted by atomic mass is 9.94. The maximum absolute atomic E-state index is 12.5. The molecule has 8 heteroatoms. The van der Waals surface area contributed by atoms with Crippen LogP contribution in [0, 0.1) is 5.92 Å². The maximum Gasteiger partial charge on any atom is 0.238 e. The first-order valence-corrected chi connectivity index (χ1v) is 10.1. The molecule has 3 atom stereocenters. The van der Waals surface area contributed by atoms with Gasteiger partial charge in [0.25, 0.3) is 0 Å². The number of carbonyl (C=O) groups excluding carboxylic acids is 1. The summed E-state index contributed by atoms with van der Waals surface area (Å²) < 4.78 is 26.2. The largest absolute Gasteiger partial charge is 0.350 e. The molecule has 3 unspecified atom stereocenters. The Kier molecular flexibility index (Phi) is 8.27. The Labute approximate surface area is 146 Å². The number of amides is 1. The fourth-order valence-corrected chi connectivity index (χ4v) is 5.13. The number of unbranched alkanes of at least 4 members (excludes halogenated alkanes) is 1. The monoisotopic (exact) mass is 367 g/mol. The van der Waals surface area contributed by atoms with Crippen LogP contribution in [0.25, 0.3) is 0 Å². The summed E-state index contributed by atoms with van der Waals surface area (Å²) in [5.41, 5.74) is 0. The second-order valence-corrected chi connectivity index (χ2v) is 8.56. The third-order valence-electron chi connectivity index (χ3n) is 4.77. The van der Waals surface area contributed by atoms with Gasteiger partial charge in [0.2, 0.25) is 15.9 Å². The molecule has 0 aromatic rings. The summed E-state index contributed by atoms with van der Waals surface area (Å²) in [6, 6.07) is -0.418. The van der Waals surface area contributed by atoms with Crippen molar-refractivity contribution >= 4 is 28.3 Å². The van der Waals surface area contributed by atoms with Crippen LogP contribution >= 0.6 is 12.4 Å². The maximum atomic E-state index is 12.5. The van der Waals surface area contributed by atoms with Gasteiger partial charge in [-0.15, -0.1) is 12.4 Å². The van der Waals surface area contributed by atoms with E-state index in [9.17, 15) is 13.2 Å². The zero-order chi connectivity index (χ0) is 16.2. The van der Waals surface area contributed by atoms with E-state index in [2.05, 4.69) is 17.6 Å². The van der Waals surface area contributed by atoms with Crippen molar-refractivity contribution in [3.8, 4) is 0 Å². The van der Waals surface area contributed by atoms with Gasteiger partial charge in [0.15, 0.2) is 0 Å². The van der Waals surface area contributed by atoms with Gasteiger partial charge in [0.1, 0.15) is 6.04 Å². The lowest BCUT2D eigenvalue weighted by molar-refractivity contribution is -0.125. The number of nitrogens with one attached hydrogen (secondary N) is 2. The van der Waals surface area contributed by atoms with Crippen molar-refractivity contribution < 1.29 is 13.2 Å². The predicted octanol–water partition coefficient (Wildman–Crippen LogP) is 1.12. The van der Waals surface area contributed by atoms with Gasteiger partial charge in [-0.2, -0.15) is 4.31 Å². The minimum atomic E-state index is -3.31. The van der Waals surface area contributed by atoms with Crippen LogP contribution in [0.1, 0.15) is 46.0 Å². The number of rotatable bonds is 6. The van der Waals surface area contributed by atoms with Gasteiger partial charge >= 0.3 is 0 Å². The van der Waals surface area contributed by atoms with Crippen molar-refractivity contribution in [3.63, 3.8) is 0 Å². The van der Waals surface area contributed by atoms with Crippen LogP contribution in [0.2, 0.25) is 0 Å². The van der Waals surface area contributed by atoms with E-state index in [1.165, 1.54) is 4.31 Å². The van der Waals surface area contributed by atoms with Gasteiger partial charge in [-0.25, -0.2) is 8.42 Å². The molecule has 0 radical (unpaired) electrons. The standard InChI is InChI=1S/C15H29N3O3S.ClH/c1-3-4-10-22(20,21)18-9-5-6-14(18)15(19)17-13-11-16-8-7-12(13)2;/h12-14,16H,3-11H2,1-2H3,(H,17,19);1H. The van der Waals surface area contributed by atoms with Crippen LogP contribution in [-0.2, 0) is 14.8 Å². The first-order valence-electron chi connectivity index (χ1n) is 8.46. The molecular formula is C15H30ClN3O3S. The van der Waals surface area contributed by atoms with E-state index in [1.54, 1.807) is 0 Å². The number of hydrogen-bond donors (Lipinski definition) is 2. The summed E-state index contributed by atoms with van der Waals surface area (Å²) >= 11 is 0. The molecule has 2 aliphatic rings. The molecule has 2 saturated heterocycles. The molecule has 1 amide bonds. The minimum Gasteiger partial charge on any atom is -0.350 e. The van der Waals surface area contributed by atoms with Crippen molar-refractivity contribution in [2.75, 3.05) is 25.4 Å². The van der Waals surface area contributed by atoms with Gasteiger partial charge in [-0.05, 0) is 38.1 Å². The van der Waals surface area contributed by atoms with Crippen LogP contribution in [0.4, 0.5) is 0 Å². The second-order valence-electron chi connectivity index (χ2n) is 6.52. The van der Waals surface area contributed by atoms with Crippen molar-refractivity contribution in [2.24, 2.45) is 5.92 Å². The smallest absolute Gasteiger partial charge is 0.238 e. The molecule has 0 saturated carbocycles. The number of carbonyl (C=O) groups is 1. The highest BCUT2D eigenvalue weighted by Gasteiger charge is 2.39. The van der Waals surface area contributed by atoms with E-state index in [0.717, 1.165) is 32.4 Å². The average Bonchev–Trinajstić information content (AvgIpc) is 2.98. The molecule has 0 spiro atoms. The third kappa shape index (κ3) is 5.31. The number of hydrogen-bond acceptors (Lipinski definition) is 4. The highest BCUT2D eigenvalue weighted by molar-refractivity contribution is 7.89. The Morgan fingerprint density at radius 3 is 2.74 bits per heavy atom. The molecule has 2 rings (SSSR count). The molecule has 6 nitrogen and oxygen atoms in total. The SMILES string of the molecule is CCCCS(=O)(=O)N1CCCC1C(=O)NC1CNCCC1C.Cl. The molecule has 136 valence electrons. The van der Waals surface area contributed by atoms with Gasteiger partial charge in [0, 0.05) is 19.1 Å². The lowest BCUT2D eigenvalue weighted by Gasteiger charge is -2.32. The normalized spacial score (nSPS) is 29.0. The molecule has 0 aromatic carbocycles. The van der Waals surface area contributed by atoms with Gasteiger partial charge in [-0.3, -0.25) is 4.79 Å². The van der Waals surface area contributed by atoms with Gasteiger partial charge in [0.05, 0.1) is 5.75 Å². The Morgan fingerprint density at radius 1 is 1.35 bits per heavy atom. The number of piperidine rings is 1. The summed E-state index contributed by atoms with van der Waals surface area (Å²) in [5, 5.41) is 6.35. The summed E-state index contributed by atoms with van der Waals surface area (Å²) in [4.78, 5) is 12.5. The van der Waals surface area contributed by atoms with Crippen molar-refractivity contribution in [2.45, 2.75) is 58.0 Å². The van der Waals surface area contributed by atoms with E-state index in [1.807, 2.05) is 6.92 Å². The topological polar surface area (TPSA) is 78.5 Å². The van der Waals surface area contributed by atoms with Crippen LogP contribution in [-0.4, -0.2) is 56.1 Å². The molecular weight excluding hydrogens is 338 g/mol. The summed E-state index contributed by atoms with van der Waals surface area (Å²) in [7, 11) is -3.31. The highest BCUT2D eigenvalue weighted by atomic mass is 35.5. The second kappa shape index (κ2) is 9.20. The summed E-state index contributed by atoms with van der Waals surface area (Å²) in [5.74, 6) is 0.448. The molecule has 0 bridgehead atoms. The first kappa shape index (κ1) is 20.7. The number of sulfonamides is 1. The fourth-order valence-electron chi connectivity index (χ4n) is 3.24. The van der Waals surface area contributed by atoms with Crippen molar-refractivity contribution in [1.82, 2.24) is 14.9 Å². The summed E-state index contributed by atoms with van der Waals surface area (Å²) in [6.45, 7) is 6.33. The van der Waals surface area contributed by atoms with Gasteiger partial charge in [-0.1, -0.05) is 20.3 Å². The molecule has 2 N–H and O–H groups in total. The van der Waals surface area contributed by atoms with Gasteiger partial charge < -0.3 is 10.6 Å². The lowest BCUT2D eigenvalue weighted by Crippen LogP contribution is -2.55. The fraction of sp³-hybridized carbons (Fsp3) is 0.933. The zero-order valence-corrected chi connectivity index (χ0v) is 15.7. The Bertz CT molecular complexity index is 486. The minimum absolute atomic E-state index is 0. The number of nitrogens with zero attached hydrogens (tertiary/aromatic N) is 1. The molecule has 2 aliphatic heterocycles. The molecule has 2 heterocycles. The van der Waals surface area contributed by atoms with E-state index < -0.39 is 16.1 Å². The third-order valence-corrected chi connectivity index (χ3v) is 6.73. The first-order chi connectivity index (χ1) is 10.5. The van der Waals surface area contributed by atoms with E-state index in [0.29, 0.717) is 25.3 Å².